The van der Waals surface area contributed by atoms with Crippen LogP contribution in [0.5, 0.6) is 0 Å². The lowest BCUT2D eigenvalue weighted by Crippen LogP contribution is -2.27. The zero-order valence-electron chi connectivity index (χ0n) is 16.3. The number of fused-ring (bicyclic) bond motifs is 1. The Bertz CT molecular complexity index is 1200. The Kier molecular flexibility index (Phi) is 5.11. The summed E-state index contributed by atoms with van der Waals surface area (Å²) in [6.07, 6.45) is 4.63. The summed E-state index contributed by atoms with van der Waals surface area (Å²) in [6, 6.07) is 12.7. The van der Waals surface area contributed by atoms with Gasteiger partial charge in [-0.3, -0.25) is 4.98 Å². The van der Waals surface area contributed by atoms with Crippen molar-refractivity contribution in [2.45, 2.75) is 6.42 Å². The number of anilines is 1. The number of nitrogens with zero attached hydrogens (tertiary/aromatic N) is 3. The summed E-state index contributed by atoms with van der Waals surface area (Å²) >= 11 is 6.09. The molecule has 152 valence electrons. The molecule has 2 aromatic carbocycles. The van der Waals surface area contributed by atoms with Gasteiger partial charge in [0.1, 0.15) is 5.82 Å². The van der Waals surface area contributed by atoms with Crippen molar-refractivity contribution in [2.75, 3.05) is 31.1 Å². The summed E-state index contributed by atoms with van der Waals surface area (Å²) in [5.41, 5.74) is 4.63. The second-order valence-corrected chi connectivity index (χ2v) is 7.88. The molecule has 0 radical (unpaired) electrons. The minimum absolute atomic E-state index is 0.343. The van der Waals surface area contributed by atoms with E-state index >= 15 is 0 Å². The zero-order valence-corrected chi connectivity index (χ0v) is 17.1. The van der Waals surface area contributed by atoms with E-state index in [4.69, 9.17) is 11.6 Å². The summed E-state index contributed by atoms with van der Waals surface area (Å²) in [6.45, 7) is 3.99. The standard InChI is InChI=1S/C23H21ClFN5/c24-17-3-4-20(25)19(12-17)23-22(28-14-29-23)15-2-5-21-16(10-15)11-18(13-27-21)30-8-1-6-26-7-9-30/h2-5,10-14,26H,1,6-9H2,(H,28,29). The zero-order chi connectivity index (χ0) is 20.5. The Morgan fingerprint density at radius 3 is 2.87 bits per heavy atom. The molecule has 0 spiro atoms. The molecule has 1 fully saturated rings. The van der Waals surface area contributed by atoms with Crippen molar-refractivity contribution in [3.63, 3.8) is 0 Å². The lowest BCUT2D eigenvalue weighted by atomic mass is 10.0. The topological polar surface area (TPSA) is 56.8 Å². The Morgan fingerprint density at radius 2 is 1.93 bits per heavy atom. The van der Waals surface area contributed by atoms with Crippen molar-refractivity contribution in [1.82, 2.24) is 20.3 Å². The summed E-state index contributed by atoms with van der Waals surface area (Å²) in [4.78, 5) is 14.5. The molecule has 1 saturated heterocycles. The van der Waals surface area contributed by atoms with E-state index in [-0.39, 0.29) is 5.82 Å². The van der Waals surface area contributed by atoms with Gasteiger partial charge in [-0.1, -0.05) is 17.7 Å². The van der Waals surface area contributed by atoms with E-state index in [0.29, 0.717) is 22.0 Å². The van der Waals surface area contributed by atoms with Gasteiger partial charge in [0.15, 0.2) is 0 Å². The van der Waals surface area contributed by atoms with E-state index in [9.17, 15) is 4.39 Å². The number of hydrogen-bond acceptors (Lipinski definition) is 4. The summed E-state index contributed by atoms with van der Waals surface area (Å²) < 4.78 is 14.4. The molecule has 30 heavy (non-hydrogen) atoms. The van der Waals surface area contributed by atoms with Crippen LogP contribution in [0.1, 0.15) is 6.42 Å². The first-order valence-electron chi connectivity index (χ1n) is 10.0. The van der Waals surface area contributed by atoms with Crippen LogP contribution in [0.25, 0.3) is 33.4 Å². The number of imidazole rings is 1. The smallest absolute Gasteiger partial charge is 0.132 e. The van der Waals surface area contributed by atoms with E-state index in [1.807, 2.05) is 18.3 Å². The highest BCUT2D eigenvalue weighted by molar-refractivity contribution is 6.30. The lowest BCUT2D eigenvalue weighted by Gasteiger charge is -2.22. The molecule has 1 aliphatic heterocycles. The normalized spacial score (nSPS) is 14.8. The maximum atomic E-state index is 14.4. The number of nitrogens with one attached hydrogen (secondary N) is 2. The molecule has 5 rings (SSSR count). The largest absolute Gasteiger partial charge is 0.369 e. The highest BCUT2D eigenvalue weighted by Crippen LogP contribution is 2.34. The second kappa shape index (κ2) is 8.05. The van der Waals surface area contributed by atoms with Gasteiger partial charge in [0.2, 0.25) is 0 Å². The SMILES string of the molecule is Fc1ccc(Cl)cc1-c1[nH]cnc1-c1ccc2ncc(N3CCCNCC3)cc2c1. The minimum atomic E-state index is -0.343. The third-order valence-electron chi connectivity index (χ3n) is 5.48. The molecule has 1 aliphatic rings. The van der Waals surface area contributed by atoms with Gasteiger partial charge in [0, 0.05) is 41.2 Å². The third-order valence-corrected chi connectivity index (χ3v) is 5.72. The van der Waals surface area contributed by atoms with Crippen LogP contribution in [0.4, 0.5) is 10.1 Å². The molecule has 4 aromatic rings. The van der Waals surface area contributed by atoms with E-state index in [2.05, 4.69) is 37.3 Å². The molecule has 3 heterocycles. The fraction of sp³-hybridized carbons (Fsp3) is 0.217. The monoisotopic (exact) mass is 421 g/mol. The third kappa shape index (κ3) is 3.64. The molecular formula is C23H21ClFN5. The number of aromatic nitrogens is 3. The van der Waals surface area contributed by atoms with Gasteiger partial charge in [-0.2, -0.15) is 0 Å². The predicted molar refractivity (Wildman–Crippen MR) is 119 cm³/mol. The fourth-order valence-electron chi connectivity index (χ4n) is 3.95. The van der Waals surface area contributed by atoms with Crippen LogP contribution in [-0.4, -0.2) is 41.1 Å². The summed E-state index contributed by atoms with van der Waals surface area (Å²) in [7, 11) is 0. The first-order chi connectivity index (χ1) is 14.7. The van der Waals surface area contributed by atoms with Crippen LogP contribution in [0.2, 0.25) is 5.02 Å². The van der Waals surface area contributed by atoms with Gasteiger partial charge in [0.05, 0.1) is 35.1 Å². The number of benzene rings is 2. The number of aromatic amines is 1. The van der Waals surface area contributed by atoms with Gasteiger partial charge in [-0.25, -0.2) is 9.37 Å². The van der Waals surface area contributed by atoms with Crippen LogP contribution < -0.4 is 10.2 Å². The van der Waals surface area contributed by atoms with Crippen molar-refractivity contribution in [1.29, 1.82) is 0 Å². The van der Waals surface area contributed by atoms with Crippen LogP contribution in [0.3, 0.4) is 0 Å². The number of hydrogen-bond donors (Lipinski definition) is 2. The van der Waals surface area contributed by atoms with Crippen molar-refractivity contribution in [2.24, 2.45) is 0 Å². The molecule has 2 N–H and O–H groups in total. The highest BCUT2D eigenvalue weighted by atomic mass is 35.5. The van der Waals surface area contributed by atoms with Gasteiger partial charge in [-0.15, -0.1) is 0 Å². The maximum Gasteiger partial charge on any atom is 0.132 e. The van der Waals surface area contributed by atoms with Crippen molar-refractivity contribution < 1.29 is 4.39 Å². The lowest BCUT2D eigenvalue weighted by molar-refractivity contribution is 0.631. The van der Waals surface area contributed by atoms with Crippen LogP contribution in [0.15, 0.2) is 55.0 Å². The fourth-order valence-corrected chi connectivity index (χ4v) is 4.12. The Labute approximate surface area is 178 Å². The number of pyridine rings is 1. The average Bonchev–Trinajstić information content (AvgIpc) is 3.09. The second-order valence-electron chi connectivity index (χ2n) is 7.44. The van der Waals surface area contributed by atoms with Crippen LogP contribution in [-0.2, 0) is 0 Å². The number of halogens is 2. The molecule has 5 nitrogen and oxygen atoms in total. The Balaban J connectivity index is 1.56. The quantitative estimate of drug-likeness (QED) is 0.494. The summed E-state index contributed by atoms with van der Waals surface area (Å²) in [5.74, 6) is -0.343. The number of rotatable bonds is 3. The van der Waals surface area contributed by atoms with Crippen LogP contribution in [0, 0.1) is 5.82 Å². The van der Waals surface area contributed by atoms with E-state index in [0.717, 1.165) is 54.8 Å². The van der Waals surface area contributed by atoms with Crippen molar-refractivity contribution >= 4 is 28.2 Å². The number of H-pyrrole nitrogens is 1. The molecule has 0 atom stereocenters. The molecule has 0 bridgehead atoms. The molecule has 2 aromatic heterocycles. The molecule has 0 amide bonds. The van der Waals surface area contributed by atoms with Gasteiger partial charge >= 0.3 is 0 Å². The van der Waals surface area contributed by atoms with Gasteiger partial charge < -0.3 is 15.2 Å². The molecular weight excluding hydrogens is 401 g/mol. The Hall–Kier alpha value is -2.96. The highest BCUT2D eigenvalue weighted by Gasteiger charge is 2.16. The molecule has 0 unspecified atom stereocenters. The predicted octanol–water partition coefficient (Wildman–Crippen LogP) is 4.88. The summed E-state index contributed by atoms with van der Waals surface area (Å²) in [5, 5.41) is 4.94. The molecule has 0 aliphatic carbocycles. The van der Waals surface area contributed by atoms with E-state index in [1.165, 1.54) is 12.1 Å². The van der Waals surface area contributed by atoms with Crippen molar-refractivity contribution in [3.8, 4) is 22.5 Å². The Morgan fingerprint density at radius 1 is 1.00 bits per heavy atom. The van der Waals surface area contributed by atoms with E-state index < -0.39 is 0 Å². The average molecular weight is 422 g/mol. The minimum Gasteiger partial charge on any atom is -0.369 e. The molecule has 7 heteroatoms. The maximum absolute atomic E-state index is 14.4. The molecule has 0 saturated carbocycles. The van der Waals surface area contributed by atoms with E-state index in [1.54, 1.807) is 12.4 Å². The van der Waals surface area contributed by atoms with Gasteiger partial charge in [-0.05, 0) is 49.4 Å². The first-order valence-corrected chi connectivity index (χ1v) is 10.4. The van der Waals surface area contributed by atoms with Gasteiger partial charge in [0.25, 0.3) is 0 Å². The van der Waals surface area contributed by atoms with Crippen LogP contribution >= 0.6 is 11.6 Å². The van der Waals surface area contributed by atoms with Crippen molar-refractivity contribution in [3.05, 3.63) is 65.8 Å². The first kappa shape index (κ1) is 19.0.